The summed E-state index contributed by atoms with van der Waals surface area (Å²) in [6.45, 7) is 0.242. The van der Waals surface area contributed by atoms with Gasteiger partial charge in [-0.1, -0.05) is 11.8 Å². The maximum absolute atomic E-state index is 12.9. The Labute approximate surface area is 144 Å². The van der Waals surface area contributed by atoms with Crippen molar-refractivity contribution < 1.29 is 22.6 Å². The summed E-state index contributed by atoms with van der Waals surface area (Å²) in [6.07, 6.45) is -4.07. The van der Waals surface area contributed by atoms with Crippen LogP contribution in [0.2, 0.25) is 0 Å². The summed E-state index contributed by atoms with van der Waals surface area (Å²) in [5.74, 6) is 6.96. The van der Waals surface area contributed by atoms with Crippen molar-refractivity contribution in [3.8, 4) is 23.3 Å². The fourth-order valence-electron chi connectivity index (χ4n) is 2.31. The SMILES string of the molecule is COc1ccc(C#Cc2ccc(C(F)(F)F)cc2CCN)cc1OC. The normalized spacial score (nSPS) is 10.8. The first-order valence-electron chi connectivity index (χ1n) is 7.53. The topological polar surface area (TPSA) is 44.5 Å². The summed E-state index contributed by atoms with van der Waals surface area (Å²) in [7, 11) is 3.05. The molecule has 0 aliphatic carbocycles. The Morgan fingerprint density at radius 2 is 1.68 bits per heavy atom. The first kappa shape index (κ1) is 18.7. The number of hydrogen-bond acceptors (Lipinski definition) is 3. The van der Waals surface area contributed by atoms with E-state index in [2.05, 4.69) is 11.8 Å². The average molecular weight is 349 g/mol. The van der Waals surface area contributed by atoms with Gasteiger partial charge in [0.25, 0.3) is 0 Å². The summed E-state index contributed by atoms with van der Waals surface area (Å²) < 4.78 is 48.9. The Bertz CT molecular complexity index is 805. The van der Waals surface area contributed by atoms with Gasteiger partial charge in [-0.15, -0.1) is 0 Å². The molecule has 2 aromatic rings. The van der Waals surface area contributed by atoms with Gasteiger partial charge in [-0.25, -0.2) is 0 Å². The average Bonchev–Trinajstić information content (AvgIpc) is 2.59. The van der Waals surface area contributed by atoms with Gasteiger partial charge < -0.3 is 15.2 Å². The first-order valence-corrected chi connectivity index (χ1v) is 7.53. The molecule has 0 aliphatic heterocycles. The smallest absolute Gasteiger partial charge is 0.416 e. The molecule has 3 nitrogen and oxygen atoms in total. The highest BCUT2D eigenvalue weighted by atomic mass is 19.4. The van der Waals surface area contributed by atoms with Gasteiger partial charge in [-0.3, -0.25) is 0 Å². The molecule has 0 atom stereocenters. The number of hydrogen-bond donors (Lipinski definition) is 1. The highest BCUT2D eigenvalue weighted by Gasteiger charge is 2.30. The number of alkyl halides is 3. The van der Waals surface area contributed by atoms with Crippen molar-refractivity contribution in [1.29, 1.82) is 0 Å². The summed E-state index contributed by atoms with van der Waals surface area (Å²) in [5, 5.41) is 0. The number of methoxy groups -OCH3 is 2. The van der Waals surface area contributed by atoms with Gasteiger partial charge in [0.2, 0.25) is 0 Å². The van der Waals surface area contributed by atoms with Crippen LogP contribution in [-0.4, -0.2) is 20.8 Å². The van der Waals surface area contributed by atoms with Crippen molar-refractivity contribution in [2.24, 2.45) is 5.73 Å². The van der Waals surface area contributed by atoms with Gasteiger partial charge in [-0.05, 0) is 54.9 Å². The Morgan fingerprint density at radius 1 is 0.960 bits per heavy atom. The van der Waals surface area contributed by atoms with E-state index in [9.17, 15) is 13.2 Å². The van der Waals surface area contributed by atoms with Gasteiger partial charge >= 0.3 is 6.18 Å². The van der Waals surface area contributed by atoms with Crippen LogP contribution in [0.4, 0.5) is 13.2 Å². The van der Waals surface area contributed by atoms with Crippen molar-refractivity contribution in [3.05, 3.63) is 58.7 Å². The minimum atomic E-state index is -4.39. The first-order chi connectivity index (χ1) is 11.9. The zero-order chi connectivity index (χ0) is 18.4. The summed E-state index contributed by atoms with van der Waals surface area (Å²) in [4.78, 5) is 0. The van der Waals surface area contributed by atoms with Crippen LogP contribution >= 0.6 is 0 Å². The number of benzene rings is 2. The van der Waals surface area contributed by atoms with Gasteiger partial charge in [0.15, 0.2) is 11.5 Å². The number of nitrogens with two attached hydrogens (primary N) is 1. The van der Waals surface area contributed by atoms with Crippen molar-refractivity contribution in [3.63, 3.8) is 0 Å². The molecule has 2 aromatic carbocycles. The summed E-state index contributed by atoms with van der Waals surface area (Å²) >= 11 is 0. The number of halogens is 3. The van der Waals surface area contributed by atoms with Crippen molar-refractivity contribution >= 4 is 0 Å². The molecule has 0 aliphatic rings. The second kappa shape index (κ2) is 7.95. The molecule has 25 heavy (non-hydrogen) atoms. The maximum Gasteiger partial charge on any atom is 0.416 e. The zero-order valence-electron chi connectivity index (χ0n) is 13.9. The third-order valence-electron chi connectivity index (χ3n) is 3.57. The molecule has 2 N–H and O–H groups in total. The van der Waals surface area contributed by atoms with E-state index in [1.807, 2.05) is 0 Å². The number of ether oxygens (including phenoxy) is 2. The van der Waals surface area contributed by atoms with E-state index in [4.69, 9.17) is 15.2 Å². The molecule has 2 rings (SSSR count). The van der Waals surface area contributed by atoms with Crippen LogP contribution in [0.3, 0.4) is 0 Å². The van der Waals surface area contributed by atoms with Gasteiger partial charge in [0, 0.05) is 11.1 Å². The van der Waals surface area contributed by atoms with Gasteiger partial charge in [-0.2, -0.15) is 13.2 Å². The lowest BCUT2D eigenvalue weighted by molar-refractivity contribution is -0.137. The molecule has 0 saturated heterocycles. The molecular weight excluding hydrogens is 331 g/mol. The van der Waals surface area contributed by atoms with E-state index in [0.717, 1.165) is 12.1 Å². The second-order valence-electron chi connectivity index (χ2n) is 5.23. The standard InChI is InChI=1S/C19H18F3NO2/c1-24-17-8-4-13(11-18(17)25-2)3-5-14-6-7-16(19(20,21)22)12-15(14)9-10-23/h4,6-8,11-12H,9-10,23H2,1-2H3. The van der Waals surface area contributed by atoms with Crippen LogP contribution in [-0.2, 0) is 12.6 Å². The largest absolute Gasteiger partial charge is 0.493 e. The van der Waals surface area contributed by atoms with Crippen LogP contribution in [0.15, 0.2) is 36.4 Å². The van der Waals surface area contributed by atoms with Crippen LogP contribution in [0, 0.1) is 11.8 Å². The minimum Gasteiger partial charge on any atom is -0.493 e. The fourth-order valence-corrected chi connectivity index (χ4v) is 2.31. The van der Waals surface area contributed by atoms with E-state index >= 15 is 0 Å². The minimum absolute atomic E-state index is 0.242. The third-order valence-corrected chi connectivity index (χ3v) is 3.57. The molecule has 6 heteroatoms. The lowest BCUT2D eigenvalue weighted by Gasteiger charge is -2.10. The Hall–Kier alpha value is -2.65. The molecule has 0 aromatic heterocycles. The molecule has 0 fully saturated rings. The van der Waals surface area contributed by atoms with Crippen LogP contribution in [0.1, 0.15) is 22.3 Å². The Kier molecular flexibility index (Phi) is 5.94. The maximum atomic E-state index is 12.9. The molecule has 0 amide bonds. The van der Waals surface area contributed by atoms with Gasteiger partial charge in [0.1, 0.15) is 0 Å². The molecule has 0 spiro atoms. The predicted molar refractivity (Wildman–Crippen MR) is 89.7 cm³/mol. The van der Waals surface area contributed by atoms with Crippen LogP contribution in [0.5, 0.6) is 11.5 Å². The third kappa shape index (κ3) is 4.68. The molecule has 0 unspecified atom stereocenters. The van der Waals surface area contributed by atoms with Crippen LogP contribution in [0.25, 0.3) is 0 Å². The molecule has 0 heterocycles. The molecule has 0 saturated carbocycles. The van der Waals surface area contributed by atoms with Crippen molar-refractivity contribution in [1.82, 2.24) is 0 Å². The Balaban J connectivity index is 2.39. The monoisotopic (exact) mass is 349 g/mol. The van der Waals surface area contributed by atoms with E-state index in [0.29, 0.717) is 34.6 Å². The highest BCUT2D eigenvalue weighted by molar-refractivity contribution is 5.52. The van der Waals surface area contributed by atoms with E-state index < -0.39 is 11.7 Å². The van der Waals surface area contributed by atoms with Gasteiger partial charge in [0.05, 0.1) is 19.8 Å². The Morgan fingerprint density at radius 3 is 2.28 bits per heavy atom. The second-order valence-corrected chi connectivity index (χ2v) is 5.23. The van der Waals surface area contributed by atoms with E-state index in [-0.39, 0.29) is 6.54 Å². The van der Waals surface area contributed by atoms with Crippen LogP contribution < -0.4 is 15.2 Å². The van der Waals surface area contributed by atoms with Crippen molar-refractivity contribution in [2.75, 3.05) is 20.8 Å². The lowest BCUT2D eigenvalue weighted by Crippen LogP contribution is -2.09. The lowest BCUT2D eigenvalue weighted by atomic mass is 10.0. The van der Waals surface area contributed by atoms with Crippen molar-refractivity contribution in [2.45, 2.75) is 12.6 Å². The molecule has 0 radical (unpaired) electrons. The number of rotatable bonds is 4. The predicted octanol–water partition coefficient (Wildman–Crippen LogP) is 3.62. The fraction of sp³-hybridized carbons (Fsp3) is 0.263. The summed E-state index contributed by atoms with van der Waals surface area (Å²) in [6, 6.07) is 8.68. The molecular formula is C19H18F3NO2. The van der Waals surface area contributed by atoms with E-state index in [1.165, 1.54) is 20.3 Å². The zero-order valence-corrected chi connectivity index (χ0v) is 13.9. The van der Waals surface area contributed by atoms with E-state index in [1.54, 1.807) is 18.2 Å². The quantitative estimate of drug-likeness (QED) is 0.858. The highest BCUT2D eigenvalue weighted by Crippen LogP contribution is 2.31. The molecule has 0 bridgehead atoms. The summed E-state index contributed by atoms with van der Waals surface area (Å²) in [5.41, 5.74) is 6.47. The molecule has 132 valence electrons.